The molecular formula is C20H15Cl2NO3. The maximum atomic E-state index is 12.4. The molecular weight excluding hydrogens is 373 g/mol. The molecule has 4 nitrogen and oxygen atoms in total. The molecule has 0 heterocycles. The summed E-state index contributed by atoms with van der Waals surface area (Å²) in [7, 11) is 0. The molecule has 0 radical (unpaired) electrons. The number of halogens is 2. The minimum absolute atomic E-state index is 0.0196. The maximum Gasteiger partial charge on any atom is 0.317 e. The summed E-state index contributed by atoms with van der Waals surface area (Å²) < 4.78 is 11.2. The summed E-state index contributed by atoms with van der Waals surface area (Å²) >= 11 is 11.3. The van der Waals surface area contributed by atoms with Crippen molar-refractivity contribution < 1.29 is 14.3 Å². The molecule has 3 rings (SSSR count). The van der Waals surface area contributed by atoms with Crippen molar-refractivity contribution in [2.24, 2.45) is 5.41 Å². The van der Waals surface area contributed by atoms with Crippen LogP contribution in [0.2, 0.25) is 0 Å². The Morgan fingerprint density at radius 3 is 2.42 bits per heavy atom. The van der Waals surface area contributed by atoms with Gasteiger partial charge in [0.1, 0.15) is 22.1 Å². The van der Waals surface area contributed by atoms with Gasteiger partial charge in [-0.25, -0.2) is 0 Å². The van der Waals surface area contributed by atoms with Crippen LogP contribution in [0.15, 0.2) is 65.2 Å². The summed E-state index contributed by atoms with van der Waals surface area (Å²) in [6.45, 7) is 0. The average molecular weight is 388 g/mol. The van der Waals surface area contributed by atoms with Crippen LogP contribution >= 0.6 is 23.2 Å². The molecule has 0 aliphatic heterocycles. The van der Waals surface area contributed by atoms with E-state index in [2.05, 4.69) is 0 Å². The van der Waals surface area contributed by atoms with Crippen molar-refractivity contribution in [3.8, 4) is 17.6 Å². The number of benzene rings is 2. The van der Waals surface area contributed by atoms with E-state index in [4.69, 9.17) is 32.7 Å². The monoisotopic (exact) mass is 387 g/mol. The van der Waals surface area contributed by atoms with E-state index in [1.165, 1.54) is 6.08 Å². The van der Waals surface area contributed by atoms with Crippen molar-refractivity contribution in [1.29, 1.82) is 5.26 Å². The van der Waals surface area contributed by atoms with Gasteiger partial charge in [0, 0.05) is 5.56 Å². The Bertz CT molecular complexity index is 866. The lowest BCUT2D eigenvalue weighted by Gasteiger charge is -2.16. The van der Waals surface area contributed by atoms with Gasteiger partial charge in [-0.1, -0.05) is 53.5 Å². The van der Waals surface area contributed by atoms with Gasteiger partial charge in [-0.3, -0.25) is 4.79 Å². The van der Waals surface area contributed by atoms with Crippen molar-refractivity contribution >= 4 is 29.2 Å². The van der Waals surface area contributed by atoms with Gasteiger partial charge in [0.15, 0.2) is 0 Å². The average Bonchev–Trinajstić information content (AvgIpc) is 3.40. The molecule has 1 unspecified atom stereocenters. The number of carbonyl (C=O) groups is 1. The van der Waals surface area contributed by atoms with E-state index < -0.39 is 17.5 Å². The second kappa shape index (κ2) is 7.82. The highest BCUT2D eigenvalue weighted by Crippen LogP contribution is 2.50. The molecule has 132 valence electrons. The van der Waals surface area contributed by atoms with Crippen molar-refractivity contribution in [3.63, 3.8) is 0 Å². The summed E-state index contributed by atoms with van der Waals surface area (Å²) in [5.41, 5.74) is -0.280. The Morgan fingerprint density at radius 2 is 1.81 bits per heavy atom. The standard InChI is InChI=1S/C20H15Cl2NO3/c21-18(22)12-20(9-10-20)19(24)26-17(13-23)14-5-4-8-16(11-14)25-15-6-2-1-3-7-15/h1-8,11-12,17H,9-10H2. The van der Waals surface area contributed by atoms with Crippen LogP contribution in [-0.4, -0.2) is 5.97 Å². The molecule has 0 N–H and O–H groups in total. The number of rotatable bonds is 6. The second-order valence-electron chi connectivity index (χ2n) is 5.99. The summed E-state index contributed by atoms with van der Waals surface area (Å²) in [5, 5.41) is 9.44. The van der Waals surface area contributed by atoms with Crippen LogP contribution in [0.4, 0.5) is 0 Å². The third-order valence-electron chi connectivity index (χ3n) is 4.06. The Morgan fingerprint density at radius 1 is 1.12 bits per heavy atom. The zero-order valence-corrected chi connectivity index (χ0v) is 15.2. The number of carbonyl (C=O) groups excluding carboxylic acids is 1. The number of hydrogen-bond acceptors (Lipinski definition) is 4. The molecule has 26 heavy (non-hydrogen) atoms. The number of nitriles is 1. The first kappa shape index (κ1) is 18.3. The predicted octanol–water partition coefficient (Wildman–Crippen LogP) is 5.69. The van der Waals surface area contributed by atoms with Crippen LogP contribution in [0, 0.1) is 16.7 Å². The first-order valence-corrected chi connectivity index (χ1v) is 8.75. The number of hydrogen-bond donors (Lipinski definition) is 0. The van der Waals surface area contributed by atoms with Crippen LogP contribution in [0.1, 0.15) is 24.5 Å². The number of esters is 1. The lowest BCUT2D eigenvalue weighted by Crippen LogP contribution is -2.19. The van der Waals surface area contributed by atoms with Crippen LogP contribution in [-0.2, 0) is 9.53 Å². The molecule has 1 aliphatic carbocycles. The second-order valence-corrected chi connectivity index (χ2v) is 7.00. The van der Waals surface area contributed by atoms with Gasteiger partial charge in [-0.2, -0.15) is 5.26 Å². The van der Waals surface area contributed by atoms with E-state index >= 15 is 0 Å². The van der Waals surface area contributed by atoms with E-state index in [0.29, 0.717) is 29.9 Å². The number of nitrogens with zero attached hydrogens (tertiary/aromatic N) is 1. The summed E-state index contributed by atoms with van der Waals surface area (Å²) in [4.78, 5) is 12.4. The zero-order valence-electron chi connectivity index (χ0n) is 13.7. The van der Waals surface area contributed by atoms with E-state index in [9.17, 15) is 10.1 Å². The summed E-state index contributed by atoms with van der Waals surface area (Å²) in [5.74, 6) is 0.723. The predicted molar refractivity (Wildman–Crippen MR) is 98.9 cm³/mol. The van der Waals surface area contributed by atoms with E-state index in [0.717, 1.165) is 0 Å². The number of ether oxygens (including phenoxy) is 2. The molecule has 1 aliphatic rings. The van der Waals surface area contributed by atoms with Crippen molar-refractivity contribution in [1.82, 2.24) is 0 Å². The van der Waals surface area contributed by atoms with Crippen LogP contribution in [0.5, 0.6) is 11.5 Å². The molecule has 6 heteroatoms. The Balaban J connectivity index is 1.74. The van der Waals surface area contributed by atoms with Crippen LogP contribution in [0.3, 0.4) is 0 Å². The van der Waals surface area contributed by atoms with E-state index in [1.54, 1.807) is 24.3 Å². The van der Waals surface area contributed by atoms with Gasteiger partial charge in [0.25, 0.3) is 0 Å². The third-order valence-corrected chi connectivity index (χ3v) is 4.28. The highest BCUT2D eigenvalue weighted by Gasteiger charge is 2.50. The molecule has 0 saturated heterocycles. The Hall–Kier alpha value is -2.48. The normalized spacial score (nSPS) is 15.3. The maximum absolute atomic E-state index is 12.4. The lowest BCUT2D eigenvalue weighted by molar-refractivity contribution is -0.151. The first-order chi connectivity index (χ1) is 12.5. The first-order valence-electron chi connectivity index (χ1n) is 8.00. The molecule has 1 fully saturated rings. The quantitative estimate of drug-likeness (QED) is 0.597. The smallest absolute Gasteiger partial charge is 0.317 e. The topological polar surface area (TPSA) is 59.3 Å². The molecule has 2 aromatic carbocycles. The molecule has 0 aromatic heterocycles. The highest BCUT2D eigenvalue weighted by atomic mass is 35.5. The summed E-state index contributed by atoms with van der Waals surface area (Å²) in [6.07, 6.45) is 1.64. The molecule has 2 aromatic rings. The molecule has 1 atom stereocenters. The van der Waals surface area contributed by atoms with Crippen molar-refractivity contribution in [2.45, 2.75) is 18.9 Å². The van der Waals surface area contributed by atoms with Gasteiger partial charge in [0.05, 0.1) is 5.41 Å². The highest BCUT2D eigenvalue weighted by molar-refractivity contribution is 6.56. The Kier molecular flexibility index (Phi) is 5.51. The molecule has 0 spiro atoms. The van der Waals surface area contributed by atoms with Crippen LogP contribution < -0.4 is 4.74 Å². The van der Waals surface area contributed by atoms with Crippen LogP contribution in [0.25, 0.3) is 0 Å². The largest absolute Gasteiger partial charge is 0.457 e. The molecule has 1 saturated carbocycles. The van der Waals surface area contributed by atoms with Crippen molar-refractivity contribution in [2.75, 3.05) is 0 Å². The third kappa shape index (κ3) is 4.37. The fraction of sp³-hybridized carbons (Fsp3) is 0.200. The van der Waals surface area contributed by atoms with E-state index in [1.807, 2.05) is 36.4 Å². The van der Waals surface area contributed by atoms with Gasteiger partial charge < -0.3 is 9.47 Å². The van der Waals surface area contributed by atoms with Gasteiger partial charge in [0.2, 0.25) is 6.10 Å². The van der Waals surface area contributed by atoms with Gasteiger partial charge >= 0.3 is 5.97 Å². The molecule has 0 amide bonds. The van der Waals surface area contributed by atoms with Gasteiger partial charge in [-0.15, -0.1) is 0 Å². The minimum atomic E-state index is -1.04. The fourth-order valence-electron chi connectivity index (χ4n) is 2.51. The fourth-order valence-corrected chi connectivity index (χ4v) is 2.93. The molecule has 0 bridgehead atoms. The Labute approximate surface area is 161 Å². The zero-order chi connectivity index (χ0) is 18.6. The van der Waals surface area contributed by atoms with E-state index in [-0.39, 0.29) is 4.49 Å². The minimum Gasteiger partial charge on any atom is -0.457 e. The summed E-state index contributed by atoms with van der Waals surface area (Å²) in [6, 6.07) is 18.2. The number of para-hydroxylation sites is 1. The van der Waals surface area contributed by atoms with Gasteiger partial charge in [-0.05, 0) is 43.2 Å². The van der Waals surface area contributed by atoms with Crippen molar-refractivity contribution in [3.05, 3.63) is 70.7 Å². The lowest BCUT2D eigenvalue weighted by atomic mass is 10.1. The SMILES string of the molecule is N#CC(OC(=O)C1(C=C(Cl)Cl)CC1)c1cccc(Oc2ccccc2)c1.